The van der Waals surface area contributed by atoms with Crippen LogP contribution in [0.25, 0.3) is 5.73 Å². The van der Waals surface area contributed by atoms with E-state index in [4.69, 9.17) is 12.2 Å². The number of nitrogens with one attached hydrogen (secondary N) is 1. The summed E-state index contributed by atoms with van der Waals surface area (Å²) < 4.78 is 0. The van der Waals surface area contributed by atoms with Crippen LogP contribution in [0.5, 0.6) is 0 Å². The summed E-state index contributed by atoms with van der Waals surface area (Å²) in [5.74, 6) is 1.47. The summed E-state index contributed by atoms with van der Waals surface area (Å²) in [5, 5.41) is 12.1. The molecule has 0 aliphatic carbocycles. The second-order valence-electron chi connectivity index (χ2n) is 5.53. The maximum absolute atomic E-state index is 11.8. The molecule has 3 aromatic rings. The number of terminal acetylenes is 1. The van der Waals surface area contributed by atoms with Crippen LogP contribution in [-0.2, 0) is 32.3 Å². The number of rotatable bonds is 5. The van der Waals surface area contributed by atoms with Crippen LogP contribution < -0.4 is 4.90 Å². The molecule has 1 amide bonds. The van der Waals surface area contributed by atoms with Gasteiger partial charge in [0.05, 0.1) is 4.88 Å². The van der Waals surface area contributed by atoms with Crippen LogP contribution in [0.15, 0.2) is 78.2 Å². The Morgan fingerprint density at radius 3 is 2.18 bits per heavy atom. The van der Waals surface area contributed by atoms with E-state index in [2.05, 4.69) is 12.1 Å². The fraction of sp³-hybridized carbons (Fsp3) is 0.136. The van der Waals surface area contributed by atoms with Crippen LogP contribution in [0, 0.1) is 12.3 Å². The van der Waals surface area contributed by atoms with Gasteiger partial charge in [-0.1, -0.05) is 54.6 Å². The van der Waals surface area contributed by atoms with Crippen LogP contribution in [0.2, 0.25) is 0 Å². The van der Waals surface area contributed by atoms with E-state index in [1.807, 2.05) is 41.6 Å². The predicted molar refractivity (Wildman–Crippen MR) is 111 cm³/mol. The Bertz CT molecular complexity index is 849. The van der Waals surface area contributed by atoms with E-state index < -0.39 is 12.1 Å². The van der Waals surface area contributed by atoms with Crippen molar-refractivity contribution in [2.75, 3.05) is 11.4 Å². The van der Waals surface area contributed by atoms with Crippen molar-refractivity contribution >= 4 is 22.9 Å². The van der Waals surface area contributed by atoms with Crippen LogP contribution >= 0.6 is 11.3 Å². The molecular weight excluding hydrogens is 540 g/mol. The van der Waals surface area contributed by atoms with Crippen molar-refractivity contribution in [3.05, 3.63) is 94.4 Å². The molecule has 6 heteroatoms. The first-order valence-corrected chi connectivity index (χ1v) is 9.30. The average molecular weight is 561 g/mol. The molecule has 1 atom stereocenters. The quantitative estimate of drug-likeness (QED) is 0.363. The van der Waals surface area contributed by atoms with Gasteiger partial charge in [-0.2, -0.15) is 0 Å². The SMILES string of the molecule is C#CC(=O)N(c1ccccc1)C(O)c1cccs1.[NH-]CCc1ccccc1.[W]. The molecule has 3 rings (SSSR count). The van der Waals surface area contributed by atoms with Gasteiger partial charge >= 0.3 is 5.91 Å². The van der Waals surface area contributed by atoms with Crippen LogP contribution in [0.4, 0.5) is 5.69 Å². The number of aliphatic hydroxyl groups excluding tert-OH is 1. The molecule has 0 fully saturated rings. The summed E-state index contributed by atoms with van der Waals surface area (Å²) >= 11 is 1.37. The third-order valence-electron chi connectivity index (χ3n) is 3.68. The van der Waals surface area contributed by atoms with Crippen molar-refractivity contribution in [1.82, 2.24) is 0 Å². The first-order valence-electron chi connectivity index (χ1n) is 8.42. The van der Waals surface area contributed by atoms with Gasteiger partial charge < -0.3 is 10.8 Å². The van der Waals surface area contributed by atoms with Gasteiger partial charge in [-0.05, 0) is 41.5 Å². The normalized spacial score (nSPS) is 10.5. The number of hydrogen-bond acceptors (Lipinski definition) is 3. The topological polar surface area (TPSA) is 64.3 Å². The van der Waals surface area contributed by atoms with Crippen LogP contribution in [-0.4, -0.2) is 17.6 Å². The number of nitrogens with zero attached hydrogens (tertiary/aromatic N) is 1. The van der Waals surface area contributed by atoms with E-state index in [9.17, 15) is 9.90 Å². The zero-order valence-corrected chi connectivity index (χ0v) is 18.9. The third kappa shape index (κ3) is 7.07. The first-order chi connectivity index (χ1) is 13.2. The molecule has 1 heterocycles. The smallest absolute Gasteiger partial charge is 0.305 e. The Kier molecular flexibility index (Phi) is 11.1. The molecule has 1 aromatic heterocycles. The summed E-state index contributed by atoms with van der Waals surface area (Å²) in [6.07, 6.45) is 4.97. The number of thiophene rings is 1. The van der Waals surface area contributed by atoms with Gasteiger partial charge in [0.2, 0.25) is 0 Å². The number of carbonyl (C=O) groups excluding carboxylic acids is 1. The standard InChI is InChI=1S/C14H11NO2S.C8H10N.W/c1-2-13(16)15(11-7-4-3-5-8-11)14(17)12-9-6-10-18-12;9-7-6-8-4-2-1-3-5-8;/h1,3-10,14,17H;1-5,9H,6-7H2;/q;-1;. The molecule has 2 N–H and O–H groups in total. The molecule has 0 spiro atoms. The van der Waals surface area contributed by atoms with E-state index in [1.54, 1.807) is 30.3 Å². The summed E-state index contributed by atoms with van der Waals surface area (Å²) in [6, 6.07) is 22.5. The minimum Gasteiger partial charge on any atom is -0.677 e. The summed E-state index contributed by atoms with van der Waals surface area (Å²) in [6.45, 7) is 0.490. The second-order valence-corrected chi connectivity index (χ2v) is 6.51. The van der Waals surface area contributed by atoms with Crippen molar-refractivity contribution in [1.29, 1.82) is 0 Å². The summed E-state index contributed by atoms with van der Waals surface area (Å²) in [7, 11) is 0. The zero-order valence-electron chi connectivity index (χ0n) is 15.2. The molecule has 0 saturated heterocycles. The Morgan fingerprint density at radius 2 is 1.68 bits per heavy atom. The van der Waals surface area contributed by atoms with Gasteiger partial charge in [0.15, 0.2) is 6.23 Å². The maximum Gasteiger partial charge on any atom is 0.305 e. The number of aliphatic hydroxyl groups is 1. The van der Waals surface area contributed by atoms with Gasteiger partial charge in [0, 0.05) is 26.8 Å². The molecule has 0 aliphatic heterocycles. The molecule has 0 radical (unpaired) electrons. The summed E-state index contributed by atoms with van der Waals surface area (Å²) in [4.78, 5) is 13.7. The van der Waals surface area contributed by atoms with Crippen molar-refractivity contribution in [3.8, 4) is 12.3 Å². The van der Waals surface area contributed by atoms with E-state index in [0.717, 1.165) is 6.42 Å². The number of benzene rings is 2. The molecule has 0 aliphatic rings. The minimum atomic E-state index is -1.06. The number of hydrogen-bond donors (Lipinski definition) is 1. The average Bonchev–Trinajstić information content (AvgIpc) is 3.25. The van der Waals surface area contributed by atoms with Crippen molar-refractivity contribution in [2.24, 2.45) is 0 Å². The van der Waals surface area contributed by atoms with Crippen molar-refractivity contribution < 1.29 is 31.0 Å². The van der Waals surface area contributed by atoms with Gasteiger partial charge in [-0.25, -0.2) is 0 Å². The van der Waals surface area contributed by atoms with Gasteiger partial charge in [-0.15, -0.1) is 24.3 Å². The first kappa shape index (κ1) is 23.8. The van der Waals surface area contributed by atoms with Crippen LogP contribution in [0.1, 0.15) is 16.7 Å². The fourth-order valence-electron chi connectivity index (χ4n) is 2.38. The van der Waals surface area contributed by atoms with E-state index in [0.29, 0.717) is 17.1 Å². The van der Waals surface area contributed by atoms with Gasteiger partial charge in [0.25, 0.3) is 0 Å². The Labute approximate surface area is 184 Å². The molecule has 28 heavy (non-hydrogen) atoms. The van der Waals surface area contributed by atoms with Crippen molar-refractivity contribution in [2.45, 2.75) is 12.6 Å². The fourth-order valence-corrected chi connectivity index (χ4v) is 3.08. The van der Waals surface area contributed by atoms with E-state index in [1.165, 1.54) is 21.8 Å². The predicted octanol–water partition coefficient (Wildman–Crippen LogP) is 4.68. The Hall–Kier alpha value is -2.22. The van der Waals surface area contributed by atoms with Crippen LogP contribution in [0.3, 0.4) is 0 Å². The summed E-state index contributed by atoms with van der Waals surface area (Å²) in [5.41, 5.74) is 8.77. The van der Waals surface area contributed by atoms with E-state index >= 15 is 0 Å². The number of para-hydroxylation sites is 1. The number of carbonyl (C=O) groups is 1. The minimum absolute atomic E-state index is 0. The zero-order chi connectivity index (χ0) is 19.5. The number of amides is 1. The van der Waals surface area contributed by atoms with Gasteiger partial charge in [0.1, 0.15) is 0 Å². The molecule has 4 nitrogen and oxygen atoms in total. The Morgan fingerprint density at radius 1 is 1.07 bits per heavy atom. The van der Waals surface area contributed by atoms with E-state index in [-0.39, 0.29) is 21.1 Å². The largest absolute Gasteiger partial charge is 0.677 e. The monoisotopic (exact) mass is 561 g/mol. The molecular formula is C22H21N2O2SW-. The van der Waals surface area contributed by atoms with Gasteiger partial charge in [-0.3, -0.25) is 9.69 Å². The van der Waals surface area contributed by atoms with Crippen molar-refractivity contribution in [3.63, 3.8) is 0 Å². The maximum atomic E-state index is 11.8. The second kappa shape index (κ2) is 13.0. The molecule has 2 aromatic carbocycles. The molecule has 0 saturated carbocycles. The molecule has 1 unspecified atom stereocenters. The third-order valence-corrected chi connectivity index (χ3v) is 4.59. The molecule has 0 bridgehead atoms. The Balaban J connectivity index is 0.000000332. The number of anilines is 1. The molecule has 144 valence electrons.